The number of para-hydroxylation sites is 1. The molecule has 1 aromatic heterocycles. The molecule has 262 valence electrons. The minimum atomic E-state index is 0.878. The van der Waals surface area contributed by atoms with Gasteiger partial charge in [-0.1, -0.05) is 182 Å². The molecule has 56 heavy (non-hydrogen) atoms. The summed E-state index contributed by atoms with van der Waals surface area (Å²) in [5.41, 5.74) is 12.1. The number of furan rings is 1. The zero-order chi connectivity index (χ0) is 37.0. The molecule has 0 unspecified atom stereocenters. The molecular formula is C54H35NO. The zero-order valence-corrected chi connectivity index (χ0v) is 30.6. The van der Waals surface area contributed by atoms with E-state index in [0.717, 1.165) is 66.5 Å². The Kier molecular flexibility index (Phi) is 7.53. The van der Waals surface area contributed by atoms with E-state index < -0.39 is 0 Å². The molecular weight excluding hydrogens is 679 g/mol. The Hall–Kier alpha value is -7.42. The van der Waals surface area contributed by atoms with E-state index in [1.54, 1.807) is 0 Å². The molecule has 2 heteroatoms. The minimum Gasteiger partial charge on any atom is -0.455 e. The van der Waals surface area contributed by atoms with Crippen LogP contribution in [0, 0.1) is 0 Å². The van der Waals surface area contributed by atoms with Gasteiger partial charge in [-0.15, -0.1) is 0 Å². The van der Waals surface area contributed by atoms with E-state index in [9.17, 15) is 0 Å². The highest BCUT2D eigenvalue weighted by Gasteiger charge is 2.24. The molecule has 0 saturated carbocycles. The van der Waals surface area contributed by atoms with Crippen LogP contribution in [0.2, 0.25) is 0 Å². The number of fused-ring (bicyclic) bond motifs is 7. The van der Waals surface area contributed by atoms with E-state index in [-0.39, 0.29) is 0 Å². The van der Waals surface area contributed by atoms with Crippen LogP contribution in [0.25, 0.3) is 87.6 Å². The normalized spacial score (nSPS) is 11.6. The van der Waals surface area contributed by atoms with Crippen molar-refractivity contribution in [2.75, 3.05) is 4.90 Å². The average molecular weight is 714 g/mol. The molecule has 1 heterocycles. The van der Waals surface area contributed by atoms with Gasteiger partial charge in [0.15, 0.2) is 0 Å². The fourth-order valence-electron chi connectivity index (χ4n) is 8.59. The van der Waals surface area contributed by atoms with Crippen molar-refractivity contribution in [3.8, 4) is 33.4 Å². The summed E-state index contributed by atoms with van der Waals surface area (Å²) in [6.45, 7) is 0. The third-order valence-corrected chi connectivity index (χ3v) is 11.2. The first-order valence-corrected chi connectivity index (χ1v) is 19.2. The zero-order valence-electron chi connectivity index (χ0n) is 30.6. The first-order valence-electron chi connectivity index (χ1n) is 19.2. The molecule has 0 aliphatic heterocycles. The van der Waals surface area contributed by atoms with Gasteiger partial charge in [0.1, 0.15) is 11.2 Å². The first-order chi connectivity index (χ1) is 27.8. The predicted molar refractivity (Wildman–Crippen MR) is 237 cm³/mol. The maximum atomic E-state index is 6.85. The number of hydrogen-bond acceptors (Lipinski definition) is 2. The molecule has 0 N–H and O–H groups in total. The molecule has 0 bridgehead atoms. The lowest BCUT2D eigenvalue weighted by Crippen LogP contribution is -2.12. The van der Waals surface area contributed by atoms with Crippen LogP contribution in [0.5, 0.6) is 0 Å². The number of rotatable bonds is 6. The second-order valence-corrected chi connectivity index (χ2v) is 14.5. The molecule has 0 aliphatic carbocycles. The van der Waals surface area contributed by atoms with E-state index in [4.69, 9.17) is 4.42 Å². The Morgan fingerprint density at radius 2 is 0.893 bits per heavy atom. The van der Waals surface area contributed by atoms with Crippen LogP contribution >= 0.6 is 0 Å². The Bertz CT molecular complexity index is 3240. The van der Waals surface area contributed by atoms with E-state index in [0.29, 0.717) is 0 Å². The summed E-state index contributed by atoms with van der Waals surface area (Å²) in [5, 5.41) is 9.23. The number of benzene rings is 10. The highest BCUT2D eigenvalue weighted by molar-refractivity contribution is 6.23. The Balaban J connectivity index is 1.20. The third kappa shape index (κ3) is 5.26. The summed E-state index contributed by atoms with van der Waals surface area (Å²) in [6.07, 6.45) is 0. The van der Waals surface area contributed by atoms with Crippen LogP contribution in [0.3, 0.4) is 0 Å². The smallest absolute Gasteiger partial charge is 0.143 e. The van der Waals surface area contributed by atoms with Crippen LogP contribution in [0.1, 0.15) is 0 Å². The topological polar surface area (TPSA) is 16.4 Å². The Morgan fingerprint density at radius 1 is 0.304 bits per heavy atom. The number of nitrogens with zero attached hydrogens (tertiary/aromatic N) is 1. The van der Waals surface area contributed by atoms with Gasteiger partial charge in [0, 0.05) is 32.5 Å². The second-order valence-electron chi connectivity index (χ2n) is 14.5. The molecule has 11 aromatic rings. The van der Waals surface area contributed by atoms with Crippen LogP contribution in [0.4, 0.5) is 17.1 Å². The molecule has 0 fully saturated rings. The third-order valence-electron chi connectivity index (χ3n) is 11.2. The van der Waals surface area contributed by atoms with E-state index in [2.05, 4.69) is 217 Å². The van der Waals surface area contributed by atoms with Gasteiger partial charge in [-0.3, -0.25) is 0 Å². The van der Waals surface area contributed by atoms with Gasteiger partial charge in [-0.25, -0.2) is 0 Å². The van der Waals surface area contributed by atoms with Crippen molar-refractivity contribution < 1.29 is 4.42 Å². The molecule has 0 aliphatic rings. The molecule has 0 atom stereocenters. The van der Waals surface area contributed by atoms with E-state index >= 15 is 0 Å². The molecule has 2 nitrogen and oxygen atoms in total. The number of hydrogen-bond donors (Lipinski definition) is 0. The molecule has 0 saturated heterocycles. The fourth-order valence-corrected chi connectivity index (χ4v) is 8.59. The molecule has 0 spiro atoms. The summed E-state index contributed by atoms with van der Waals surface area (Å²) in [7, 11) is 0. The van der Waals surface area contributed by atoms with Gasteiger partial charge in [0.25, 0.3) is 0 Å². The van der Waals surface area contributed by atoms with Crippen molar-refractivity contribution in [3.63, 3.8) is 0 Å². The fraction of sp³-hybridized carbons (Fsp3) is 0. The van der Waals surface area contributed by atoms with Crippen LogP contribution in [0.15, 0.2) is 217 Å². The average Bonchev–Trinajstić information content (AvgIpc) is 3.66. The van der Waals surface area contributed by atoms with Gasteiger partial charge >= 0.3 is 0 Å². The predicted octanol–water partition coefficient (Wildman–Crippen LogP) is 15.5. The van der Waals surface area contributed by atoms with Crippen molar-refractivity contribution in [2.24, 2.45) is 0 Å². The van der Waals surface area contributed by atoms with Gasteiger partial charge < -0.3 is 9.32 Å². The lowest BCUT2D eigenvalue weighted by atomic mass is 9.94. The Morgan fingerprint density at radius 3 is 1.75 bits per heavy atom. The molecule has 0 amide bonds. The monoisotopic (exact) mass is 713 g/mol. The van der Waals surface area contributed by atoms with Gasteiger partial charge in [-0.05, 0) is 74.3 Å². The molecule has 10 aromatic carbocycles. The number of anilines is 3. The summed E-state index contributed by atoms with van der Waals surface area (Å²) in [5.74, 6) is 0. The van der Waals surface area contributed by atoms with E-state index in [1.165, 1.54) is 38.2 Å². The lowest BCUT2D eigenvalue weighted by molar-refractivity contribution is 0.673. The van der Waals surface area contributed by atoms with Crippen molar-refractivity contribution in [1.82, 2.24) is 0 Å². The van der Waals surface area contributed by atoms with Crippen molar-refractivity contribution in [3.05, 3.63) is 212 Å². The first kappa shape index (κ1) is 32.0. The van der Waals surface area contributed by atoms with Gasteiger partial charge in [0.05, 0.1) is 17.1 Å². The van der Waals surface area contributed by atoms with Gasteiger partial charge in [0.2, 0.25) is 0 Å². The second kappa shape index (κ2) is 13.2. The quantitative estimate of drug-likeness (QED) is 0.171. The summed E-state index contributed by atoms with van der Waals surface area (Å²) < 4.78 is 6.85. The van der Waals surface area contributed by atoms with Gasteiger partial charge in [-0.2, -0.15) is 0 Å². The van der Waals surface area contributed by atoms with Crippen LogP contribution < -0.4 is 4.90 Å². The van der Waals surface area contributed by atoms with Crippen molar-refractivity contribution in [2.45, 2.75) is 0 Å². The summed E-state index contributed by atoms with van der Waals surface area (Å²) >= 11 is 0. The van der Waals surface area contributed by atoms with Crippen LogP contribution in [-0.4, -0.2) is 0 Å². The standard InChI is InChI=1S/C54H35NO/c1-2-14-36(15-3-1)38-28-31-40(32-29-38)44-21-10-11-25-49(44)55(50-26-12-19-39-17-6-7-20-43(39)50)51-35-48-53-45(42-33-30-37-16-4-5-18-41(37)34-42)24-13-27-52(53)56-54(48)47-23-9-8-22-46(47)51/h1-35H. The minimum absolute atomic E-state index is 0.878. The lowest BCUT2D eigenvalue weighted by Gasteiger charge is -2.30. The highest BCUT2D eigenvalue weighted by atomic mass is 16.3. The largest absolute Gasteiger partial charge is 0.455 e. The van der Waals surface area contributed by atoms with Crippen molar-refractivity contribution in [1.29, 1.82) is 0 Å². The summed E-state index contributed by atoms with van der Waals surface area (Å²) in [6, 6.07) is 76.5. The maximum absolute atomic E-state index is 6.85. The Labute approximate surface area is 325 Å². The summed E-state index contributed by atoms with van der Waals surface area (Å²) in [4.78, 5) is 2.47. The van der Waals surface area contributed by atoms with Crippen LogP contribution in [-0.2, 0) is 0 Å². The maximum Gasteiger partial charge on any atom is 0.143 e. The SMILES string of the molecule is c1ccc(-c2ccc(-c3ccccc3N(c3cccc4ccccc34)c3cc4c(oc5cccc(-c6ccc7ccccc7c6)c54)c4ccccc34)cc2)cc1. The highest BCUT2D eigenvalue weighted by Crippen LogP contribution is 2.49. The van der Waals surface area contributed by atoms with Crippen molar-refractivity contribution >= 4 is 71.3 Å². The molecule has 0 radical (unpaired) electrons. The molecule has 11 rings (SSSR count). The van der Waals surface area contributed by atoms with E-state index in [1.807, 2.05) is 0 Å².